The molecule has 9 nitrogen and oxygen atoms in total. The second-order valence-corrected chi connectivity index (χ2v) is 5.29. The van der Waals surface area contributed by atoms with Crippen molar-refractivity contribution in [3.8, 4) is 5.75 Å². The molecule has 1 aromatic carbocycles. The Labute approximate surface area is 129 Å². The van der Waals surface area contributed by atoms with Crippen LogP contribution >= 0.6 is 0 Å². The van der Waals surface area contributed by atoms with Crippen molar-refractivity contribution in [2.75, 3.05) is 0 Å². The molecule has 0 spiro atoms. The number of hydrogen-bond acceptors (Lipinski definition) is 5. The number of fused-ring (bicyclic) bond motifs is 1. The van der Waals surface area contributed by atoms with Crippen LogP contribution in [0, 0.1) is 0 Å². The van der Waals surface area contributed by atoms with Gasteiger partial charge in [-0.25, -0.2) is 9.59 Å². The summed E-state index contributed by atoms with van der Waals surface area (Å²) < 4.78 is 2.42. The number of benzene rings is 1. The summed E-state index contributed by atoms with van der Waals surface area (Å²) in [7, 11) is 1.48. The number of amides is 3. The number of phenols is 1. The van der Waals surface area contributed by atoms with Crippen LogP contribution in [0.4, 0.5) is 4.79 Å². The molecule has 1 saturated heterocycles. The lowest BCUT2D eigenvalue weighted by atomic mass is 10.0. The average Bonchev–Trinajstić information content (AvgIpc) is 2.72. The first kappa shape index (κ1) is 14.8. The first-order chi connectivity index (χ1) is 10.8. The number of aryl methyl sites for hydroxylation is 1. The minimum absolute atomic E-state index is 0.0393. The van der Waals surface area contributed by atoms with Gasteiger partial charge in [0.05, 0.1) is 11.0 Å². The molecular weight excluding hydrogens is 306 g/mol. The van der Waals surface area contributed by atoms with E-state index in [1.807, 2.05) is 0 Å². The van der Waals surface area contributed by atoms with Crippen molar-refractivity contribution >= 4 is 28.9 Å². The fourth-order valence-electron chi connectivity index (χ4n) is 2.86. The molecule has 0 bridgehead atoms. The summed E-state index contributed by atoms with van der Waals surface area (Å²) >= 11 is 0. The summed E-state index contributed by atoms with van der Waals surface area (Å²) in [6.07, 6.45) is -1.76. The van der Waals surface area contributed by atoms with Gasteiger partial charge in [0.2, 0.25) is 5.91 Å². The van der Waals surface area contributed by atoms with Crippen LogP contribution in [0.5, 0.6) is 5.75 Å². The highest BCUT2D eigenvalue weighted by Crippen LogP contribution is 2.28. The largest absolute Gasteiger partial charge is 0.508 e. The van der Waals surface area contributed by atoms with Crippen molar-refractivity contribution in [2.24, 2.45) is 7.05 Å². The molecule has 2 N–H and O–H groups in total. The van der Waals surface area contributed by atoms with Gasteiger partial charge in [-0.1, -0.05) is 0 Å². The van der Waals surface area contributed by atoms with Crippen molar-refractivity contribution < 1.29 is 24.6 Å². The Bertz CT molecular complexity index is 909. The lowest BCUT2D eigenvalue weighted by Crippen LogP contribution is -2.49. The zero-order valence-corrected chi connectivity index (χ0v) is 12.1. The maximum absolute atomic E-state index is 12.4. The van der Waals surface area contributed by atoms with Crippen LogP contribution in [-0.4, -0.2) is 42.2 Å². The number of carboxylic acid groups (broad SMARTS) is 1. The number of rotatable bonds is 1. The zero-order chi connectivity index (χ0) is 16.9. The van der Waals surface area contributed by atoms with Gasteiger partial charge in [0.1, 0.15) is 11.8 Å². The van der Waals surface area contributed by atoms with E-state index >= 15 is 0 Å². The molecular formula is C14H13N3O6. The maximum atomic E-state index is 12.4. The highest BCUT2D eigenvalue weighted by molar-refractivity contribution is 6.11. The van der Waals surface area contributed by atoms with E-state index in [9.17, 15) is 24.3 Å². The van der Waals surface area contributed by atoms with Gasteiger partial charge in [-0.3, -0.25) is 18.7 Å². The summed E-state index contributed by atoms with van der Waals surface area (Å²) in [4.78, 5) is 47.7. The Morgan fingerprint density at radius 3 is 2.57 bits per heavy atom. The van der Waals surface area contributed by atoms with Crippen LogP contribution in [0.15, 0.2) is 23.0 Å². The fraction of sp³-hybridized carbons (Fsp3) is 0.286. The van der Waals surface area contributed by atoms with E-state index in [-0.39, 0.29) is 23.5 Å². The van der Waals surface area contributed by atoms with Crippen LogP contribution in [0.2, 0.25) is 0 Å². The number of phenolic OH excluding ortho intramolecular Hbond substituents is 1. The third kappa shape index (κ3) is 2.08. The Morgan fingerprint density at radius 2 is 1.91 bits per heavy atom. The van der Waals surface area contributed by atoms with Crippen LogP contribution in [-0.2, 0) is 16.6 Å². The van der Waals surface area contributed by atoms with Crippen molar-refractivity contribution in [3.05, 3.63) is 28.7 Å². The number of imide groups is 3. The monoisotopic (exact) mass is 319 g/mol. The maximum Gasteiger partial charge on any atom is 0.421 e. The number of likely N-dealkylation sites (tertiary alicyclic amines) is 1. The van der Waals surface area contributed by atoms with E-state index in [1.165, 1.54) is 34.4 Å². The summed E-state index contributed by atoms with van der Waals surface area (Å²) in [6.45, 7) is 0. The fourth-order valence-corrected chi connectivity index (χ4v) is 2.86. The van der Waals surface area contributed by atoms with Crippen LogP contribution in [0.1, 0.15) is 18.9 Å². The molecule has 3 rings (SSSR count). The van der Waals surface area contributed by atoms with E-state index in [2.05, 4.69) is 0 Å². The van der Waals surface area contributed by atoms with Crippen LogP contribution in [0.25, 0.3) is 11.0 Å². The molecule has 0 saturated carbocycles. The molecule has 120 valence electrons. The lowest BCUT2D eigenvalue weighted by molar-refractivity contribution is -0.147. The van der Waals surface area contributed by atoms with Crippen molar-refractivity contribution in [3.63, 3.8) is 0 Å². The van der Waals surface area contributed by atoms with E-state index < -0.39 is 29.6 Å². The Kier molecular flexibility index (Phi) is 3.20. The molecule has 1 aromatic heterocycles. The number of aromatic nitrogens is 2. The highest BCUT2D eigenvalue weighted by Gasteiger charge is 2.40. The number of aromatic hydroxyl groups is 1. The molecule has 9 heteroatoms. The number of hydrogen-bond donors (Lipinski definition) is 2. The van der Waals surface area contributed by atoms with Gasteiger partial charge >= 0.3 is 11.8 Å². The number of carbonyl (C=O) groups excluding carboxylic acids is 2. The smallest absolute Gasteiger partial charge is 0.421 e. The third-order valence-corrected chi connectivity index (χ3v) is 3.96. The van der Waals surface area contributed by atoms with Gasteiger partial charge in [0.25, 0.3) is 5.91 Å². The van der Waals surface area contributed by atoms with Crippen molar-refractivity contribution in [1.82, 2.24) is 14.0 Å². The van der Waals surface area contributed by atoms with Crippen LogP contribution in [0.3, 0.4) is 0 Å². The van der Waals surface area contributed by atoms with E-state index in [0.29, 0.717) is 11.0 Å². The minimum atomic E-state index is -1.66. The number of piperidine rings is 1. The molecule has 2 aromatic rings. The zero-order valence-electron chi connectivity index (χ0n) is 12.1. The first-order valence-electron chi connectivity index (χ1n) is 6.82. The Morgan fingerprint density at radius 1 is 1.22 bits per heavy atom. The second-order valence-electron chi connectivity index (χ2n) is 5.29. The standard InChI is InChI=1S/C14H13N3O6/c1-15-10-6-7(18)2-3-8(10)16(13(15)21)9-4-5-11(19)17(12(9)20)14(22)23/h2-3,6,9,18H,4-5H2,1H3,(H,22,23). The quantitative estimate of drug-likeness (QED) is 0.734. The summed E-state index contributed by atoms with van der Waals surface area (Å²) in [6, 6.07) is 3.14. The van der Waals surface area contributed by atoms with Crippen molar-refractivity contribution in [2.45, 2.75) is 18.9 Å². The molecule has 2 heterocycles. The number of nitrogens with zero attached hydrogens (tertiary/aromatic N) is 3. The third-order valence-electron chi connectivity index (χ3n) is 3.96. The van der Waals surface area contributed by atoms with Gasteiger partial charge in [-0.2, -0.15) is 4.90 Å². The van der Waals surface area contributed by atoms with Gasteiger partial charge in [0.15, 0.2) is 0 Å². The minimum Gasteiger partial charge on any atom is -0.508 e. The van der Waals surface area contributed by atoms with Crippen molar-refractivity contribution in [1.29, 1.82) is 0 Å². The molecule has 1 aliphatic heterocycles. The second kappa shape index (κ2) is 4.97. The summed E-state index contributed by atoms with van der Waals surface area (Å²) in [5, 5.41) is 18.6. The Balaban J connectivity index is 2.19. The Hall–Kier alpha value is -3.10. The van der Waals surface area contributed by atoms with E-state index in [1.54, 1.807) is 0 Å². The highest BCUT2D eigenvalue weighted by atomic mass is 16.4. The van der Waals surface area contributed by atoms with Gasteiger partial charge in [-0.15, -0.1) is 0 Å². The lowest BCUT2D eigenvalue weighted by Gasteiger charge is -2.27. The topological polar surface area (TPSA) is 122 Å². The predicted octanol–water partition coefficient (Wildman–Crippen LogP) is 0.414. The van der Waals surface area contributed by atoms with E-state index in [4.69, 9.17) is 5.11 Å². The summed E-state index contributed by atoms with van der Waals surface area (Å²) in [5.74, 6) is -1.79. The summed E-state index contributed by atoms with van der Waals surface area (Å²) in [5.41, 5.74) is 0.263. The average molecular weight is 319 g/mol. The molecule has 1 fully saturated rings. The van der Waals surface area contributed by atoms with Gasteiger partial charge in [0, 0.05) is 19.5 Å². The van der Waals surface area contributed by atoms with Gasteiger partial charge in [-0.05, 0) is 18.6 Å². The molecule has 0 aliphatic carbocycles. The SMILES string of the molecule is Cn1c(=O)n(C2CCC(=O)N(C(=O)O)C2=O)c2ccc(O)cc21. The number of imidazole rings is 1. The molecule has 23 heavy (non-hydrogen) atoms. The van der Waals surface area contributed by atoms with E-state index in [0.717, 1.165) is 0 Å². The first-order valence-corrected chi connectivity index (χ1v) is 6.82. The molecule has 3 amide bonds. The normalized spacial score (nSPS) is 18.7. The van der Waals surface area contributed by atoms with Crippen LogP contribution < -0.4 is 5.69 Å². The van der Waals surface area contributed by atoms with Gasteiger partial charge < -0.3 is 10.2 Å². The molecule has 0 radical (unpaired) electrons. The molecule has 1 atom stereocenters. The molecule has 1 aliphatic rings. The number of carbonyl (C=O) groups is 3. The predicted molar refractivity (Wildman–Crippen MR) is 77.0 cm³/mol. The molecule has 1 unspecified atom stereocenters.